The minimum atomic E-state index is -1.10. The summed E-state index contributed by atoms with van der Waals surface area (Å²) in [6.07, 6.45) is 4.96. The Hall–Kier alpha value is -1.87. The highest BCUT2D eigenvalue weighted by Gasteiger charge is 2.23. The van der Waals surface area contributed by atoms with Crippen LogP contribution in [-0.2, 0) is 4.79 Å². The first-order valence-corrected chi connectivity index (χ1v) is 5.16. The van der Waals surface area contributed by atoms with Gasteiger partial charge in [-0.25, -0.2) is 4.79 Å². The molecule has 0 saturated carbocycles. The van der Waals surface area contributed by atoms with E-state index in [1.54, 1.807) is 6.92 Å². The summed E-state index contributed by atoms with van der Waals surface area (Å²) in [7, 11) is 1.49. The van der Waals surface area contributed by atoms with Crippen molar-refractivity contribution in [3.8, 4) is 12.3 Å². The number of carbonyl (C=O) groups is 2. The van der Waals surface area contributed by atoms with Crippen molar-refractivity contribution >= 4 is 28.4 Å². The van der Waals surface area contributed by atoms with Gasteiger partial charge in [-0.3, -0.25) is 4.79 Å². The van der Waals surface area contributed by atoms with Gasteiger partial charge in [0.15, 0.2) is 0 Å². The van der Waals surface area contributed by atoms with E-state index >= 15 is 0 Å². The van der Waals surface area contributed by atoms with Crippen LogP contribution in [0.3, 0.4) is 0 Å². The molecule has 84 valence electrons. The van der Waals surface area contributed by atoms with Crippen molar-refractivity contribution in [2.75, 3.05) is 11.9 Å². The van der Waals surface area contributed by atoms with Crippen LogP contribution in [0.2, 0.25) is 0 Å². The normalized spacial score (nSPS) is 9.56. The van der Waals surface area contributed by atoms with Gasteiger partial charge in [0.25, 0.3) is 0 Å². The van der Waals surface area contributed by atoms with Crippen molar-refractivity contribution in [2.45, 2.75) is 13.3 Å². The molecule has 16 heavy (non-hydrogen) atoms. The predicted molar refractivity (Wildman–Crippen MR) is 60.7 cm³/mol. The van der Waals surface area contributed by atoms with E-state index < -0.39 is 5.97 Å². The number of hydrogen-bond donors (Lipinski definition) is 1. The van der Waals surface area contributed by atoms with Crippen molar-refractivity contribution in [1.29, 1.82) is 0 Å². The molecule has 0 saturated heterocycles. The maximum Gasteiger partial charge on any atom is 0.340 e. The average molecular weight is 238 g/mol. The van der Waals surface area contributed by atoms with Gasteiger partial charge in [-0.15, -0.1) is 6.42 Å². The van der Waals surface area contributed by atoms with Gasteiger partial charge in [-0.1, -0.05) is 5.92 Å². The zero-order chi connectivity index (χ0) is 12.3. The van der Waals surface area contributed by atoms with Crippen molar-refractivity contribution in [3.05, 3.63) is 11.3 Å². The largest absolute Gasteiger partial charge is 0.478 e. The highest BCUT2D eigenvalue weighted by atomic mass is 32.1. The number of amides is 1. The minimum absolute atomic E-state index is 0.0536. The molecule has 1 N–H and O–H groups in total. The Balaban J connectivity index is 3.10. The lowest BCUT2D eigenvalue weighted by molar-refractivity contribution is -0.117. The molecule has 0 atom stereocenters. The lowest BCUT2D eigenvalue weighted by atomic mass is 10.2. The van der Waals surface area contributed by atoms with Gasteiger partial charge in [0.1, 0.15) is 10.6 Å². The molecular weight excluding hydrogens is 228 g/mol. The summed E-state index contributed by atoms with van der Waals surface area (Å²) in [6.45, 7) is 1.59. The molecule has 0 aliphatic heterocycles. The molecule has 0 fully saturated rings. The SMILES string of the molecule is C#CCC(=O)N(C)c1snc(C)c1C(=O)O. The molecule has 6 heteroatoms. The summed E-state index contributed by atoms with van der Waals surface area (Å²) in [5.74, 6) is 0.798. The first-order valence-electron chi connectivity index (χ1n) is 4.38. The molecule has 0 radical (unpaired) electrons. The van der Waals surface area contributed by atoms with Gasteiger partial charge in [0, 0.05) is 7.05 Å². The smallest absolute Gasteiger partial charge is 0.340 e. The molecule has 0 bridgehead atoms. The molecule has 1 rings (SSSR count). The van der Waals surface area contributed by atoms with Crippen LogP contribution in [0.1, 0.15) is 22.5 Å². The van der Waals surface area contributed by atoms with Gasteiger partial charge < -0.3 is 10.0 Å². The number of anilines is 1. The Kier molecular flexibility index (Phi) is 3.64. The zero-order valence-electron chi connectivity index (χ0n) is 8.85. The van der Waals surface area contributed by atoms with Crippen molar-refractivity contribution in [2.24, 2.45) is 0 Å². The van der Waals surface area contributed by atoms with Gasteiger partial charge in [-0.2, -0.15) is 4.37 Å². The highest BCUT2D eigenvalue weighted by Crippen LogP contribution is 2.27. The summed E-state index contributed by atoms with van der Waals surface area (Å²) < 4.78 is 3.92. The van der Waals surface area contributed by atoms with Gasteiger partial charge in [0.2, 0.25) is 5.91 Å². The van der Waals surface area contributed by atoms with E-state index in [9.17, 15) is 9.59 Å². The van der Waals surface area contributed by atoms with Crippen LogP contribution < -0.4 is 4.90 Å². The summed E-state index contributed by atoms with van der Waals surface area (Å²) >= 11 is 0.972. The fraction of sp³-hybridized carbons (Fsp3) is 0.300. The second kappa shape index (κ2) is 4.77. The number of carboxylic acids is 1. The topological polar surface area (TPSA) is 70.5 Å². The lowest BCUT2D eigenvalue weighted by Gasteiger charge is -2.13. The zero-order valence-corrected chi connectivity index (χ0v) is 9.67. The highest BCUT2D eigenvalue weighted by molar-refractivity contribution is 7.11. The number of terminal acetylenes is 1. The van der Waals surface area contributed by atoms with E-state index in [1.807, 2.05) is 0 Å². The number of aromatic carboxylic acids is 1. The molecule has 0 aliphatic rings. The number of hydrogen-bond acceptors (Lipinski definition) is 4. The van der Waals surface area contributed by atoms with Crippen LogP contribution in [0.5, 0.6) is 0 Å². The molecule has 0 unspecified atom stereocenters. The standard InChI is InChI=1S/C10H10N2O3S/c1-4-5-7(13)12(3)9-8(10(14)15)6(2)11-16-9/h1H,5H2,2-3H3,(H,14,15). The van der Waals surface area contributed by atoms with Gasteiger partial charge >= 0.3 is 5.97 Å². The van der Waals surface area contributed by atoms with Crippen LogP contribution in [0.4, 0.5) is 5.00 Å². The molecular formula is C10H10N2O3S. The Morgan fingerprint density at radius 3 is 2.75 bits per heavy atom. The van der Waals surface area contributed by atoms with Crippen LogP contribution in [0, 0.1) is 19.3 Å². The third kappa shape index (κ3) is 2.20. The third-order valence-electron chi connectivity index (χ3n) is 1.99. The number of nitrogens with zero attached hydrogens (tertiary/aromatic N) is 2. The van der Waals surface area contributed by atoms with Crippen LogP contribution >= 0.6 is 11.5 Å². The van der Waals surface area contributed by atoms with Gasteiger partial charge in [-0.05, 0) is 18.5 Å². The number of carbonyl (C=O) groups excluding carboxylic acids is 1. The third-order valence-corrected chi connectivity index (χ3v) is 3.01. The molecule has 1 heterocycles. The van der Waals surface area contributed by atoms with Crippen molar-refractivity contribution in [3.63, 3.8) is 0 Å². The number of carboxylic acid groups (broad SMARTS) is 1. The quantitative estimate of drug-likeness (QED) is 0.801. The number of rotatable bonds is 3. The fourth-order valence-corrected chi connectivity index (χ4v) is 2.02. The van der Waals surface area contributed by atoms with E-state index in [4.69, 9.17) is 11.5 Å². The first kappa shape index (κ1) is 12.2. The Morgan fingerprint density at radius 1 is 1.62 bits per heavy atom. The molecule has 1 amide bonds. The van der Waals surface area contributed by atoms with E-state index in [1.165, 1.54) is 11.9 Å². The summed E-state index contributed by atoms with van der Waals surface area (Å²) in [4.78, 5) is 23.7. The maximum atomic E-state index is 11.5. The predicted octanol–water partition coefficient (Wildman–Crippen LogP) is 1.14. The van der Waals surface area contributed by atoms with Crippen molar-refractivity contribution in [1.82, 2.24) is 4.37 Å². The van der Waals surface area contributed by atoms with Crippen molar-refractivity contribution < 1.29 is 14.7 Å². The molecule has 1 aromatic heterocycles. The molecule has 0 spiro atoms. The lowest BCUT2D eigenvalue weighted by Crippen LogP contribution is -2.26. The Bertz CT molecular complexity index is 473. The van der Waals surface area contributed by atoms with Crippen LogP contribution in [0.25, 0.3) is 0 Å². The van der Waals surface area contributed by atoms with Gasteiger partial charge in [0.05, 0.1) is 12.1 Å². The second-order valence-electron chi connectivity index (χ2n) is 3.09. The number of aryl methyl sites for hydroxylation is 1. The van der Waals surface area contributed by atoms with E-state index in [2.05, 4.69) is 10.3 Å². The molecule has 0 aromatic carbocycles. The van der Waals surface area contributed by atoms with E-state index in [0.717, 1.165) is 11.5 Å². The summed E-state index contributed by atoms with van der Waals surface area (Å²) in [5, 5.41) is 9.29. The van der Waals surface area contributed by atoms with Crippen LogP contribution in [0.15, 0.2) is 0 Å². The molecule has 5 nitrogen and oxygen atoms in total. The monoisotopic (exact) mass is 238 g/mol. The Labute approximate surface area is 96.9 Å². The van der Waals surface area contributed by atoms with E-state index in [-0.39, 0.29) is 17.9 Å². The second-order valence-corrected chi connectivity index (χ2v) is 3.84. The Morgan fingerprint density at radius 2 is 2.25 bits per heavy atom. The molecule has 1 aromatic rings. The summed E-state index contributed by atoms with van der Waals surface area (Å²) in [6, 6.07) is 0. The average Bonchev–Trinajstić information content (AvgIpc) is 2.59. The van der Waals surface area contributed by atoms with E-state index in [0.29, 0.717) is 10.7 Å². The first-order chi connectivity index (χ1) is 7.49. The summed E-state index contributed by atoms with van der Waals surface area (Å²) in [5.41, 5.74) is 0.450. The fourth-order valence-electron chi connectivity index (χ4n) is 1.15. The van der Waals surface area contributed by atoms with Crippen LogP contribution in [-0.4, -0.2) is 28.4 Å². The number of aromatic nitrogens is 1. The minimum Gasteiger partial charge on any atom is -0.478 e. The molecule has 0 aliphatic carbocycles. The maximum absolute atomic E-state index is 11.5.